The smallest absolute Gasteiger partial charge is 0.258 e. The summed E-state index contributed by atoms with van der Waals surface area (Å²) in [5.74, 6) is -2.40. The number of carbonyl (C=O) groups excluding carboxylic acids is 1. The summed E-state index contributed by atoms with van der Waals surface area (Å²) >= 11 is 0. The van der Waals surface area contributed by atoms with Crippen LogP contribution in [0.4, 0.5) is 14.6 Å². The number of hydrogen-bond acceptors (Lipinski definition) is 5. The maximum atomic E-state index is 14.4. The molecule has 1 aliphatic heterocycles. The molecule has 0 spiro atoms. The van der Waals surface area contributed by atoms with Crippen molar-refractivity contribution in [3.05, 3.63) is 36.3 Å². The first-order valence-electron chi connectivity index (χ1n) is 9.93. The zero-order chi connectivity index (χ0) is 20.4. The molecule has 7 nitrogen and oxygen atoms in total. The number of amides is 1. The summed E-state index contributed by atoms with van der Waals surface area (Å²) in [7, 11) is 0. The number of halogens is 2. The normalized spacial score (nSPS) is 22.8. The Hall–Kier alpha value is -2.55. The molecule has 0 unspecified atom stereocenters. The van der Waals surface area contributed by atoms with E-state index < -0.39 is 17.9 Å². The summed E-state index contributed by atoms with van der Waals surface area (Å²) in [6.45, 7) is 2.64. The first-order valence-corrected chi connectivity index (χ1v) is 9.93. The monoisotopic (exact) mass is 405 g/mol. The number of pyridine rings is 1. The molecule has 156 valence electrons. The number of carbonyl (C=O) groups is 1. The minimum atomic E-state index is -2.84. The summed E-state index contributed by atoms with van der Waals surface area (Å²) in [6, 6.07) is 4.45. The average molecular weight is 405 g/mol. The molecule has 1 amide bonds. The molecular formula is C20H25F2N5O2. The van der Waals surface area contributed by atoms with Gasteiger partial charge in [-0.25, -0.2) is 13.8 Å². The second-order valence-corrected chi connectivity index (χ2v) is 7.87. The molecule has 4 rings (SSSR count). The van der Waals surface area contributed by atoms with Crippen molar-refractivity contribution >= 4 is 11.7 Å². The van der Waals surface area contributed by atoms with Crippen molar-refractivity contribution in [1.29, 1.82) is 0 Å². The third-order valence-corrected chi connectivity index (χ3v) is 5.65. The highest BCUT2D eigenvalue weighted by molar-refractivity contribution is 5.93. The van der Waals surface area contributed by atoms with Gasteiger partial charge in [0.15, 0.2) is 0 Å². The largest absolute Gasteiger partial charge is 0.492 e. The Morgan fingerprint density at radius 1 is 1.41 bits per heavy atom. The molecule has 3 heterocycles. The Kier molecular flexibility index (Phi) is 5.49. The van der Waals surface area contributed by atoms with Crippen molar-refractivity contribution in [2.75, 3.05) is 25.0 Å². The Morgan fingerprint density at radius 3 is 2.90 bits per heavy atom. The number of piperidine rings is 1. The first kappa shape index (κ1) is 19.8. The first-order chi connectivity index (χ1) is 13.9. The van der Waals surface area contributed by atoms with Gasteiger partial charge >= 0.3 is 0 Å². The number of alkyl halides is 2. The standard InChI is InChI=1S/C20H25F2N5O2/c1-13(27-9-7-20(21,22)16(11-27)17-6-8-24-26-17)19(28)25-18-5-4-15(10-23-18)29-12-14-2-3-14/h4-6,8,10,13-14,16H,2-3,7,9,11-12H2,1H3,(H,24,26)(H,23,25,28)/t13-,16-/m0/s1. The van der Waals surface area contributed by atoms with Crippen molar-refractivity contribution in [2.24, 2.45) is 5.92 Å². The van der Waals surface area contributed by atoms with E-state index in [9.17, 15) is 13.6 Å². The lowest BCUT2D eigenvalue weighted by atomic mass is 9.90. The predicted molar refractivity (Wildman–Crippen MR) is 103 cm³/mol. The van der Waals surface area contributed by atoms with Crippen molar-refractivity contribution in [3.63, 3.8) is 0 Å². The fraction of sp³-hybridized carbons (Fsp3) is 0.550. The molecule has 2 fully saturated rings. The van der Waals surface area contributed by atoms with Crippen LogP contribution in [-0.4, -0.2) is 57.6 Å². The number of likely N-dealkylation sites (tertiary alicyclic amines) is 1. The van der Waals surface area contributed by atoms with Crippen LogP contribution in [0, 0.1) is 5.92 Å². The number of hydrogen-bond donors (Lipinski definition) is 2. The topological polar surface area (TPSA) is 83.1 Å². The second kappa shape index (κ2) is 8.06. The van der Waals surface area contributed by atoms with Crippen molar-refractivity contribution in [3.8, 4) is 5.75 Å². The molecule has 2 atom stereocenters. The van der Waals surface area contributed by atoms with Crippen LogP contribution < -0.4 is 10.1 Å². The molecule has 9 heteroatoms. The van der Waals surface area contributed by atoms with E-state index in [1.165, 1.54) is 19.0 Å². The van der Waals surface area contributed by atoms with Gasteiger partial charge < -0.3 is 10.1 Å². The van der Waals surface area contributed by atoms with Crippen LogP contribution in [0.3, 0.4) is 0 Å². The lowest BCUT2D eigenvalue weighted by Gasteiger charge is -2.40. The summed E-state index contributed by atoms with van der Waals surface area (Å²) in [4.78, 5) is 18.6. The third kappa shape index (κ3) is 4.72. The van der Waals surface area contributed by atoms with Crippen LogP contribution in [0.1, 0.15) is 37.8 Å². The maximum absolute atomic E-state index is 14.4. The summed E-state index contributed by atoms with van der Waals surface area (Å²) in [6.07, 6.45) is 5.16. The van der Waals surface area contributed by atoms with E-state index in [1.807, 2.05) is 0 Å². The van der Waals surface area contributed by atoms with Gasteiger partial charge in [-0.2, -0.15) is 5.10 Å². The fourth-order valence-corrected chi connectivity index (χ4v) is 3.50. The number of anilines is 1. The minimum Gasteiger partial charge on any atom is -0.492 e. The van der Waals surface area contributed by atoms with Crippen molar-refractivity contribution in [1.82, 2.24) is 20.1 Å². The molecule has 2 N–H and O–H groups in total. The highest BCUT2D eigenvalue weighted by atomic mass is 19.3. The Bertz CT molecular complexity index is 824. The van der Waals surface area contributed by atoms with Gasteiger partial charge in [0.05, 0.1) is 24.8 Å². The number of H-pyrrole nitrogens is 1. The van der Waals surface area contributed by atoms with Gasteiger partial charge in [-0.15, -0.1) is 0 Å². The molecule has 29 heavy (non-hydrogen) atoms. The Labute approximate surface area is 167 Å². The van der Waals surface area contributed by atoms with E-state index in [4.69, 9.17) is 4.74 Å². The number of rotatable bonds is 7. The van der Waals surface area contributed by atoms with Gasteiger partial charge in [-0.3, -0.25) is 14.8 Å². The van der Waals surface area contributed by atoms with Gasteiger partial charge in [0, 0.05) is 31.4 Å². The van der Waals surface area contributed by atoms with E-state index in [-0.39, 0.29) is 25.4 Å². The third-order valence-electron chi connectivity index (χ3n) is 5.65. The number of aromatic nitrogens is 3. The Morgan fingerprint density at radius 2 is 2.24 bits per heavy atom. The van der Waals surface area contributed by atoms with Crippen LogP contribution in [0.15, 0.2) is 30.6 Å². The lowest BCUT2D eigenvalue weighted by molar-refractivity contribution is -0.125. The molecule has 2 aromatic rings. The van der Waals surface area contributed by atoms with Gasteiger partial charge in [-0.05, 0) is 43.9 Å². The SMILES string of the molecule is C[C@@H](C(=O)Nc1ccc(OCC2CC2)cn1)N1CCC(F)(F)[C@H](c2ccn[nH]2)C1. The Balaban J connectivity index is 1.34. The van der Waals surface area contributed by atoms with Crippen molar-refractivity contribution in [2.45, 2.75) is 44.1 Å². The van der Waals surface area contributed by atoms with E-state index in [2.05, 4.69) is 20.5 Å². The van der Waals surface area contributed by atoms with Gasteiger partial charge in [-0.1, -0.05) is 0 Å². The molecular weight excluding hydrogens is 380 g/mol. The highest BCUT2D eigenvalue weighted by Crippen LogP contribution is 2.40. The van der Waals surface area contributed by atoms with E-state index in [0.29, 0.717) is 29.8 Å². The molecule has 1 saturated carbocycles. The molecule has 0 aromatic carbocycles. The number of ether oxygens (including phenoxy) is 1. The summed E-state index contributed by atoms with van der Waals surface area (Å²) in [5.41, 5.74) is 0.385. The predicted octanol–water partition coefficient (Wildman–Crippen LogP) is 3.05. The molecule has 1 aliphatic carbocycles. The second-order valence-electron chi connectivity index (χ2n) is 7.87. The molecule has 2 aliphatic rings. The van der Waals surface area contributed by atoms with Crippen LogP contribution in [-0.2, 0) is 4.79 Å². The van der Waals surface area contributed by atoms with E-state index in [0.717, 1.165) is 0 Å². The molecule has 0 radical (unpaired) electrons. The fourth-order valence-electron chi connectivity index (χ4n) is 3.50. The van der Waals surface area contributed by atoms with Crippen LogP contribution >= 0.6 is 0 Å². The van der Waals surface area contributed by atoms with Crippen molar-refractivity contribution < 1.29 is 18.3 Å². The van der Waals surface area contributed by atoms with Gasteiger partial charge in [0.25, 0.3) is 5.92 Å². The average Bonchev–Trinajstić information content (AvgIpc) is 3.38. The summed E-state index contributed by atoms with van der Waals surface area (Å²) in [5, 5.41) is 9.18. The number of nitrogens with zero attached hydrogens (tertiary/aromatic N) is 3. The number of nitrogens with one attached hydrogen (secondary N) is 2. The van der Waals surface area contributed by atoms with E-state index >= 15 is 0 Å². The van der Waals surface area contributed by atoms with Gasteiger partial charge in [0.1, 0.15) is 11.6 Å². The number of aromatic amines is 1. The highest BCUT2D eigenvalue weighted by Gasteiger charge is 2.47. The minimum absolute atomic E-state index is 0.0746. The zero-order valence-electron chi connectivity index (χ0n) is 16.3. The quantitative estimate of drug-likeness (QED) is 0.740. The van der Waals surface area contributed by atoms with Gasteiger partial charge in [0.2, 0.25) is 5.91 Å². The zero-order valence-corrected chi connectivity index (χ0v) is 16.3. The van der Waals surface area contributed by atoms with E-state index in [1.54, 1.807) is 36.2 Å². The van der Waals surface area contributed by atoms with Crippen LogP contribution in [0.25, 0.3) is 0 Å². The molecule has 1 saturated heterocycles. The van der Waals surface area contributed by atoms with Crippen LogP contribution in [0.5, 0.6) is 5.75 Å². The maximum Gasteiger partial charge on any atom is 0.258 e. The summed E-state index contributed by atoms with van der Waals surface area (Å²) < 4.78 is 34.4. The lowest BCUT2D eigenvalue weighted by Crippen LogP contribution is -2.52. The molecule has 0 bridgehead atoms. The van der Waals surface area contributed by atoms with Crippen LogP contribution in [0.2, 0.25) is 0 Å². The molecule has 2 aromatic heterocycles.